The third-order valence-corrected chi connectivity index (χ3v) is 5.64. The number of amides is 1. The third kappa shape index (κ3) is 7.13. The maximum Gasteiger partial charge on any atom is 0.220 e. The number of nitrogens with one attached hydrogen (secondary N) is 1. The molecule has 3 heteroatoms. The van der Waals surface area contributed by atoms with E-state index in [2.05, 4.69) is 46.9 Å². The van der Waals surface area contributed by atoms with Gasteiger partial charge in [-0.05, 0) is 61.2 Å². The van der Waals surface area contributed by atoms with Gasteiger partial charge in [-0.1, -0.05) is 48.0 Å². The van der Waals surface area contributed by atoms with Gasteiger partial charge in [-0.15, -0.1) is 0 Å². The van der Waals surface area contributed by atoms with Gasteiger partial charge in [0.15, 0.2) is 0 Å². The van der Waals surface area contributed by atoms with Gasteiger partial charge in [-0.25, -0.2) is 0 Å². The second kappa shape index (κ2) is 9.79. The van der Waals surface area contributed by atoms with E-state index in [1.807, 2.05) is 0 Å². The van der Waals surface area contributed by atoms with Gasteiger partial charge in [0, 0.05) is 13.0 Å². The van der Waals surface area contributed by atoms with Gasteiger partial charge in [-0.2, -0.15) is 0 Å². The molecule has 3 nitrogen and oxygen atoms in total. The Labute approximate surface area is 150 Å². The molecule has 142 valence electrons. The molecule has 1 aliphatic carbocycles. The number of unbranched alkanes of at least 4 members (excludes halogenated alkanes) is 1. The van der Waals surface area contributed by atoms with Crippen LogP contribution in [0.3, 0.4) is 0 Å². The van der Waals surface area contributed by atoms with Crippen molar-refractivity contribution in [2.24, 2.45) is 29.1 Å². The van der Waals surface area contributed by atoms with E-state index in [9.17, 15) is 9.90 Å². The van der Waals surface area contributed by atoms with Gasteiger partial charge < -0.3 is 10.4 Å². The topological polar surface area (TPSA) is 49.3 Å². The highest BCUT2D eigenvalue weighted by atomic mass is 16.3. The monoisotopic (exact) mass is 339 g/mol. The van der Waals surface area contributed by atoms with Crippen LogP contribution in [0.25, 0.3) is 0 Å². The van der Waals surface area contributed by atoms with Crippen LogP contribution in [0.2, 0.25) is 0 Å². The Morgan fingerprint density at radius 1 is 1.25 bits per heavy atom. The number of carbonyl (C=O) groups excluding carboxylic acids is 1. The molecule has 1 rings (SSSR count). The van der Waals surface area contributed by atoms with E-state index in [0.717, 1.165) is 45.1 Å². The quantitative estimate of drug-likeness (QED) is 0.625. The lowest BCUT2D eigenvalue weighted by molar-refractivity contribution is -0.121. The van der Waals surface area contributed by atoms with Crippen molar-refractivity contribution in [3.8, 4) is 0 Å². The van der Waals surface area contributed by atoms with E-state index in [0.29, 0.717) is 30.1 Å². The largest absolute Gasteiger partial charge is 0.393 e. The Balaban J connectivity index is 2.61. The van der Waals surface area contributed by atoms with Gasteiger partial charge in [0.1, 0.15) is 0 Å². The Hall–Kier alpha value is -0.570. The number of hydrogen-bond donors (Lipinski definition) is 2. The fourth-order valence-electron chi connectivity index (χ4n) is 4.26. The summed E-state index contributed by atoms with van der Waals surface area (Å²) in [6.45, 7) is 14.2. The Morgan fingerprint density at radius 3 is 2.46 bits per heavy atom. The van der Waals surface area contributed by atoms with Crippen LogP contribution in [0.15, 0.2) is 0 Å². The van der Waals surface area contributed by atoms with Crippen LogP contribution in [0.4, 0.5) is 0 Å². The lowest BCUT2D eigenvalue weighted by Gasteiger charge is -2.46. The molecule has 0 spiro atoms. The summed E-state index contributed by atoms with van der Waals surface area (Å²) in [4.78, 5) is 12.0. The predicted octanol–water partition coefficient (Wildman–Crippen LogP) is 4.78. The summed E-state index contributed by atoms with van der Waals surface area (Å²) in [5.41, 5.74) is 0.122. The number of hydrogen-bond acceptors (Lipinski definition) is 2. The molecule has 0 aromatic heterocycles. The molecule has 4 atom stereocenters. The summed E-state index contributed by atoms with van der Waals surface area (Å²) < 4.78 is 0. The molecule has 0 aliphatic heterocycles. The number of rotatable bonds is 8. The zero-order chi connectivity index (χ0) is 18.3. The van der Waals surface area contributed by atoms with E-state index in [-0.39, 0.29) is 17.4 Å². The normalized spacial score (nSPS) is 28.2. The first-order chi connectivity index (χ1) is 11.1. The second-order valence-corrected chi connectivity index (χ2v) is 9.43. The molecule has 1 aliphatic rings. The average Bonchev–Trinajstić information content (AvgIpc) is 2.46. The summed E-state index contributed by atoms with van der Waals surface area (Å²) in [5, 5.41) is 13.9. The highest BCUT2D eigenvalue weighted by Crippen LogP contribution is 2.45. The maximum absolute atomic E-state index is 12.0. The van der Waals surface area contributed by atoms with Crippen molar-refractivity contribution in [2.75, 3.05) is 6.54 Å². The van der Waals surface area contributed by atoms with E-state index in [4.69, 9.17) is 0 Å². The molecule has 24 heavy (non-hydrogen) atoms. The summed E-state index contributed by atoms with van der Waals surface area (Å²) in [5.74, 6) is 2.10. The lowest BCUT2D eigenvalue weighted by Crippen LogP contribution is -2.44. The first kappa shape index (κ1) is 21.5. The van der Waals surface area contributed by atoms with Crippen LogP contribution in [0.5, 0.6) is 0 Å². The zero-order valence-corrected chi connectivity index (χ0v) is 16.9. The Morgan fingerprint density at radius 2 is 1.92 bits per heavy atom. The minimum absolute atomic E-state index is 0.122. The van der Waals surface area contributed by atoms with Crippen molar-refractivity contribution < 1.29 is 9.90 Å². The highest BCUT2D eigenvalue weighted by Gasteiger charge is 2.41. The number of aliphatic hydroxyl groups excluding tert-OH is 1. The van der Waals surface area contributed by atoms with Crippen LogP contribution in [-0.4, -0.2) is 23.7 Å². The van der Waals surface area contributed by atoms with Gasteiger partial charge >= 0.3 is 0 Å². The molecular formula is C21H41NO2. The predicted molar refractivity (Wildman–Crippen MR) is 102 cm³/mol. The molecule has 2 N–H and O–H groups in total. The van der Waals surface area contributed by atoms with Crippen molar-refractivity contribution in [1.29, 1.82) is 0 Å². The van der Waals surface area contributed by atoms with Crippen molar-refractivity contribution >= 4 is 5.91 Å². The molecule has 0 bridgehead atoms. The standard InChI is InChI=1S/C21H41NO2/c1-7-8-11-22-19(23)10-9-16-13-17(12-15(2)3)20(24)18(14-16)21(4,5)6/h15-18,20,24H,7-14H2,1-6H3,(H,22,23). The van der Waals surface area contributed by atoms with E-state index in [1.54, 1.807) is 0 Å². The van der Waals surface area contributed by atoms with Crippen molar-refractivity contribution in [3.05, 3.63) is 0 Å². The van der Waals surface area contributed by atoms with Crippen LogP contribution in [0.1, 0.15) is 86.5 Å². The summed E-state index contributed by atoms with van der Waals surface area (Å²) in [6.07, 6.45) is 6.81. The third-order valence-electron chi connectivity index (χ3n) is 5.64. The minimum Gasteiger partial charge on any atom is -0.393 e. The smallest absolute Gasteiger partial charge is 0.220 e. The van der Waals surface area contributed by atoms with E-state index < -0.39 is 0 Å². The Bertz CT molecular complexity index is 373. The van der Waals surface area contributed by atoms with Crippen LogP contribution < -0.4 is 5.32 Å². The molecule has 0 radical (unpaired) electrons. The fraction of sp³-hybridized carbons (Fsp3) is 0.952. The lowest BCUT2D eigenvalue weighted by atomic mass is 9.62. The van der Waals surface area contributed by atoms with Crippen molar-refractivity contribution in [2.45, 2.75) is 92.6 Å². The number of carbonyl (C=O) groups is 1. The van der Waals surface area contributed by atoms with Crippen LogP contribution in [-0.2, 0) is 4.79 Å². The zero-order valence-electron chi connectivity index (χ0n) is 16.9. The minimum atomic E-state index is -0.193. The molecule has 4 unspecified atom stereocenters. The molecule has 0 heterocycles. The van der Waals surface area contributed by atoms with Gasteiger partial charge in [0.05, 0.1) is 6.10 Å². The molecule has 0 aromatic carbocycles. The summed E-state index contributed by atoms with van der Waals surface area (Å²) in [6, 6.07) is 0. The first-order valence-corrected chi connectivity index (χ1v) is 10.1. The van der Waals surface area contributed by atoms with Crippen molar-refractivity contribution in [3.63, 3.8) is 0 Å². The van der Waals surface area contributed by atoms with Gasteiger partial charge in [0.25, 0.3) is 0 Å². The summed E-state index contributed by atoms with van der Waals surface area (Å²) in [7, 11) is 0. The molecule has 1 fully saturated rings. The Kier molecular flexibility index (Phi) is 8.76. The van der Waals surface area contributed by atoms with E-state index in [1.165, 1.54) is 0 Å². The molecule has 1 amide bonds. The number of aliphatic hydroxyl groups is 1. The van der Waals surface area contributed by atoms with E-state index >= 15 is 0 Å². The fourth-order valence-corrected chi connectivity index (χ4v) is 4.26. The molecule has 1 saturated carbocycles. The van der Waals surface area contributed by atoms with Crippen LogP contribution in [0, 0.1) is 29.1 Å². The maximum atomic E-state index is 12.0. The van der Waals surface area contributed by atoms with Gasteiger partial charge in [0.2, 0.25) is 5.91 Å². The molecular weight excluding hydrogens is 298 g/mol. The molecule has 0 aromatic rings. The average molecular weight is 340 g/mol. The van der Waals surface area contributed by atoms with Gasteiger partial charge in [-0.3, -0.25) is 4.79 Å². The van der Waals surface area contributed by atoms with Crippen molar-refractivity contribution in [1.82, 2.24) is 5.32 Å². The first-order valence-electron chi connectivity index (χ1n) is 10.1. The van der Waals surface area contributed by atoms with Crippen LogP contribution >= 0.6 is 0 Å². The SMILES string of the molecule is CCCCNC(=O)CCC1CC(CC(C)C)C(O)C(C(C)(C)C)C1. The second-order valence-electron chi connectivity index (χ2n) is 9.43. The summed E-state index contributed by atoms with van der Waals surface area (Å²) >= 11 is 0. The highest BCUT2D eigenvalue weighted by molar-refractivity contribution is 5.75. The molecule has 0 saturated heterocycles.